The number of aryl methyl sites for hydroxylation is 1. The second-order valence-electron chi connectivity index (χ2n) is 4.31. The summed E-state index contributed by atoms with van der Waals surface area (Å²) in [6.07, 6.45) is 0. The Balaban J connectivity index is 2.41. The lowest BCUT2D eigenvalue weighted by Gasteiger charge is -2.12. The molecule has 0 spiro atoms. The molecule has 0 aliphatic rings. The number of nitrogens with one attached hydrogen (secondary N) is 1. The molecule has 4 N–H and O–H groups in total. The van der Waals surface area contributed by atoms with Crippen LogP contribution in [0.15, 0.2) is 39.3 Å². The number of benzene rings is 2. The SMILES string of the molecule is Cc1cc(Nc2ccc(Br)cc2Br)cc(C(=O)O)c1N. The highest BCUT2D eigenvalue weighted by Gasteiger charge is 2.12. The lowest BCUT2D eigenvalue weighted by molar-refractivity contribution is 0.0698. The van der Waals surface area contributed by atoms with Gasteiger partial charge in [-0.1, -0.05) is 15.9 Å². The van der Waals surface area contributed by atoms with Crippen LogP contribution in [0.5, 0.6) is 0 Å². The van der Waals surface area contributed by atoms with E-state index in [1.54, 1.807) is 6.92 Å². The van der Waals surface area contributed by atoms with Crippen molar-refractivity contribution in [3.63, 3.8) is 0 Å². The van der Waals surface area contributed by atoms with Crippen LogP contribution in [0.25, 0.3) is 0 Å². The molecule has 0 heterocycles. The van der Waals surface area contributed by atoms with E-state index in [4.69, 9.17) is 10.8 Å². The molecule has 0 amide bonds. The van der Waals surface area contributed by atoms with Crippen molar-refractivity contribution in [1.29, 1.82) is 0 Å². The third kappa shape index (κ3) is 3.13. The summed E-state index contributed by atoms with van der Waals surface area (Å²) in [4.78, 5) is 11.2. The first-order chi connectivity index (χ1) is 9.38. The third-order valence-corrected chi connectivity index (χ3v) is 3.98. The number of rotatable bonds is 3. The predicted molar refractivity (Wildman–Crippen MR) is 87.7 cm³/mol. The van der Waals surface area contributed by atoms with Crippen LogP contribution >= 0.6 is 31.9 Å². The van der Waals surface area contributed by atoms with Crippen molar-refractivity contribution in [2.24, 2.45) is 0 Å². The first-order valence-corrected chi connectivity index (χ1v) is 7.32. The number of hydrogen-bond donors (Lipinski definition) is 3. The molecule has 0 bridgehead atoms. The Bertz CT molecular complexity index is 687. The maximum Gasteiger partial charge on any atom is 0.337 e. The maximum atomic E-state index is 11.2. The van der Waals surface area contributed by atoms with Crippen LogP contribution in [0.3, 0.4) is 0 Å². The Morgan fingerprint density at radius 1 is 1.25 bits per heavy atom. The zero-order chi connectivity index (χ0) is 14.9. The Morgan fingerprint density at radius 3 is 2.55 bits per heavy atom. The van der Waals surface area contributed by atoms with Gasteiger partial charge in [-0.25, -0.2) is 4.79 Å². The Kier molecular flexibility index (Phi) is 4.35. The standard InChI is InChI=1S/C14H12Br2N2O2/c1-7-4-9(6-10(13(7)17)14(19)20)18-12-3-2-8(15)5-11(12)16/h2-6,18H,17H2,1H3,(H,19,20). The topological polar surface area (TPSA) is 75.3 Å². The molecule has 6 heteroatoms. The highest BCUT2D eigenvalue weighted by atomic mass is 79.9. The molecule has 0 saturated heterocycles. The van der Waals surface area contributed by atoms with Gasteiger partial charge in [0.15, 0.2) is 0 Å². The summed E-state index contributed by atoms with van der Waals surface area (Å²) < 4.78 is 1.83. The fourth-order valence-electron chi connectivity index (χ4n) is 1.79. The summed E-state index contributed by atoms with van der Waals surface area (Å²) in [7, 11) is 0. The average Bonchev–Trinajstić information content (AvgIpc) is 2.36. The van der Waals surface area contributed by atoms with E-state index in [2.05, 4.69) is 37.2 Å². The lowest BCUT2D eigenvalue weighted by Crippen LogP contribution is -2.05. The van der Waals surface area contributed by atoms with Crippen LogP contribution in [0.1, 0.15) is 15.9 Å². The molecule has 0 radical (unpaired) electrons. The quantitative estimate of drug-likeness (QED) is 0.662. The van der Waals surface area contributed by atoms with Crippen molar-refractivity contribution in [3.8, 4) is 0 Å². The highest BCUT2D eigenvalue weighted by Crippen LogP contribution is 2.31. The molecule has 2 aromatic carbocycles. The zero-order valence-corrected chi connectivity index (χ0v) is 13.7. The number of nitrogen functional groups attached to an aromatic ring is 1. The minimum atomic E-state index is -1.04. The second-order valence-corrected chi connectivity index (χ2v) is 6.08. The molecule has 0 saturated carbocycles. The summed E-state index contributed by atoms with van der Waals surface area (Å²) in [5.74, 6) is -1.04. The average molecular weight is 400 g/mol. The van der Waals surface area contributed by atoms with Crippen LogP contribution in [0, 0.1) is 6.92 Å². The van der Waals surface area contributed by atoms with E-state index >= 15 is 0 Å². The molecular formula is C14H12Br2N2O2. The number of carbonyl (C=O) groups is 1. The summed E-state index contributed by atoms with van der Waals surface area (Å²) in [5, 5.41) is 12.3. The van der Waals surface area contributed by atoms with Gasteiger partial charge in [0.2, 0.25) is 0 Å². The number of anilines is 3. The highest BCUT2D eigenvalue weighted by molar-refractivity contribution is 9.11. The van der Waals surface area contributed by atoms with Gasteiger partial charge in [0.1, 0.15) is 0 Å². The number of halogens is 2. The summed E-state index contributed by atoms with van der Waals surface area (Å²) in [6.45, 7) is 1.78. The summed E-state index contributed by atoms with van der Waals surface area (Å²) >= 11 is 6.83. The molecule has 0 aromatic heterocycles. The van der Waals surface area contributed by atoms with E-state index in [1.807, 2.05) is 24.3 Å². The normalized spacial score (nSPS) is 10.3. The first-order valence-electron chi connectivity index (χ1n) is 5.74. The van der Waals surface area contributed by atoms with Crippen molar-refractivity contribution in [1.82, 2.24) is 0 Å². The van der Waals surface area contributed by atoms with Gasteiger partial charge in [0, 0.05) is 20.3 Å². The van der Waals surface area contributed by atoms with Gasteiger partial charge in [0.05, 0.1) is 11.3 Å². The number of aromatic carboxylic acids is 1. The molecule has 0 atom stereocenters. The van der Waals surface area contributed by atoms with Gasteiger partial charge in [-0.05, 0) is 58.7 Å². The lowest BCUT2D eigenvalue weighted by atomic mass is 10.1. The summed E-state index contributed by atoms with van der Waals surface area (Å²) in [5.41, 5.74) is 8.40. The van der Waals surface area contributed by atoms with Gasteiger partial charge in [-0.15, -0.1) is 0 Å². The van der Waals surface area contributed by atoms with E-state index < -0.39 is 5.97 Å². The first kappa shape index (κ1) is 14.9. The fraction of sp³-hybridized carbons (Fsp3) is 0.0714. The molecule has 0 aliphatic carbocycles. The van der Waals surface area contributed by atoms with Crippen LogP contribution in [-0.4, -0.2) is 11.1 Å². The largest absolute Gasteiger partial charge is 0.478 e. The number of nitrogens with two attached hydrogens (primary N) is 1. The van der Waals surface area contributed by atoms with Crippen LogP contribution in [-0.2, 0) is 0 Å². The van der Waals surface area contributed by atoms with Crippen LogP contribution in [0.2, 0.25) is 0 Å². The third-order valence-electron chi connectivity index (χ3n) is 2.83. The maximum absolute atomic E-state index is 11.2. The molecule has 0 unspecified atom stereocenters. The van der Waals surface area contributed by atoms with Gasteiger partial charge in [-0.3, -0.25) is 0 Å². The number of hydrogen-bond acceptors (Lipinski definition) is 3. The van der Waals surface area contributed by atoms with Crippen molar-refractivity contribution in [3.05, 3.63) is 50.4 Å². The van der Waals surface area contributed by atoms with Gasteiger partial charge >= 0.3 is 5.97 Å². The monoisotopic (exact) mass is 398 g/mol. The van der Waals surface area contributed by atoms with Crippen molar-refractivity contribution in [2.75, 3.05) is 11.1 Å². The Hall–Kier alpha value is -1.53. The van der Waals surface area contributed by atoms with Crippen molar-refractivity contribution < 1.29 is 9.90 Å². The molecule has 2 aromatic rings. The van der Waals surface area contributed by atoms with E-state index in [0.717, 1.165) is 20.2 Å². The smallest absolute Gasteiger partial charge is 0.337 e. The summed E-state index contributed by atoms with van der Waals surface area (Å²) in [6, 6.07) is 9.04. The van der Waals surface area contributed by atoms with Crippen LogP contribution in [0.4, 0.5) is 17.1 Å². The second kappa shape index (κ2) is 5.85. The Morgan fingerprint density at radius 2 is 1.95 bits per heavy atom. The molecular weight excluding hydrogens is 388 g/mol. The predicted octanol–water partition coefficient (Wildman–Crippen LogP) is 4.54. The molecule has 0 fully saturated rings. The van der Waals surface area contributed by atoms with Crippen molar-refractivity contribution in [2.45, 2.75) is 6.92 Å². The molecule has 0 aliphatic heterocycles. The Labute approximate surface area is 133 Å². The van der Waals surface area contributed by atoms with Gasteiger partial charge in [0.25, 0.3) is 0 Å². The molecule has 4 nitrogen and oxygen atoms in total. The van der Waals surface area contributed by atoms with E-state index in [9.17, 15) is 4.79 Å². The fourth-order valence-corrected chi connectivity index (χ4v) is 2.94. The minimum absolute atomic E-state index is 0.0979. The minimum Gasteiger partial charge on any atom is -0.478 e. The van der Waals surface area contributed by atoms with Gasteiger partial charge in [-0.2, -0.15) is 0 Å². The van der Waals surface area contributed by atoms with E-state index in [1.165, 1.54) is 6.07 Å². The van der Waals surface area contributed by atoms with Gasteiger partial charge < -0.3 is 16.2 Å². The van der Waals surface area contributed by atoms with E-state index in [0.29, 0.717) is 5.69 Å². The zero-order valence-electron chi connectivity index (χ0n) is 10.6. The number of carboxylic acids is 1. The molecule has 104 valence electrons. The van der Waals surface area contributed by atoms with Crippen LogP contribution < -0.4 is 11.1 Å². The molecule has 20 heavy (non-hydrogen) atoms. The van der Waals surface area contributed by atoms with Crippen molar-refractivity contribution >= 4 is 54.9 Å². The molecule has 2 rings (SSSR count). The number of carboxylic acid groups (broad SMARTS) is 1. The van der Waals surface area contributed by atoms with E-state index in [-0.39, 0.29) is 11.3 Å².